The highest BCUT2D eigenvalue weighted by Crippen LogP contribution is 2.26. The molecule has 1 amide bonds. The monoisotopic (exact) mass is 415 g/mol. The average molecular weight is 417 g/mol. The summed E-state index contributed by atoms with van der Waals surface area (Å²) in [7, 11) is 0. The maximum atomic E-state index is 11.9. The highest BCUT2D eigenvalue weighted by atomic mass is 79.9. The van der Waals surface area contributed by atoms with E-state index in [9.17, 15) is 4.79 Å². The maximum Gasteiger partial charge on any atom is 0.258 e. The zero-order valence-corrected chi connectivity index (χ0v) is 15.6. The van der Waals surface area contributed by atoms with Crippen LogP contribution in [0.25, 0.3) is 0 Å². The van der Waals surface area contributed by atoms with E-state index >= 15 is 0 Å². The number of carbonyl (C=O) groups excluding carboxylic acids is 1. The molecule has 0 unspecified atom stereocenters. The summed E-state index contributed by atoms with van der Waals surface area (Å²) in [5.41, 5.74) is 2.00. The van der Waals surface area contributed by atoms with Gasteiger partial charge in [-0.05, 0) is 57.7 Å². The van der Waals surface area contributed by atoms with Crippen LogP contribution in [0.4, 0.5) is 0 Å². The van der Waals surface area contributed by atoms with Crippen molar-refractivity contribution in [3.05, 3.63) is 62.0 Å². The summed E-state index contributed by atoms with van der Waals surface area (Å²) in [6, 6.07) is 11.0. The molecule has 6 heteroatoms. The minimum absolute atomic E-state index is 0.0602. The second-order valence-corrected chi connectivity index (χ2v) is 6.62. The number of aryl methyl sites for hydroxylation is 1. The lowest BCUT2D eigenvalue weighted by Crippen LogP contribution is -2.28. The molecular weight excluding hydrogens is 401 g/mol. The fraction of sp³-hybridized carbons (Fsp3) is 0.235. The molecule has 1 N–H and O–H groups in total. The Morgan fingerprint density at radius 2 is 2.00 bits per heavy atom. The predicted molar refractivity (Wildman–Crippen MR) is 97.3 cm³/mol. The van der Waals surface area contributed by atoms with Crippen LogP contribution in [0.2, 0.25) is 10.0 Å². The Morgan fingerprint density at radius 1 is 1.22 bits per heavy atom. The Bertz CT molecular complexity index is 707. The first-order valence-electron chi connectivity index (χ1n) is 7.11. The number of hydrogen-bond acceptors (Lipinski definition) is 2. The topological polar surface area (TPSA) is 38.3 Å². The third-order valence-corrected chi connectivity index (χ3v) is 4.46. The molecule has 0 bridgehead atoms. The molecule has 0 fully saturated rings. The van der Waals surface area contributed by atoms with Crippen molar-refractivity contribution in [2.75, 3.05) is 6.61 Å². The van der Waals surface area contributed by atoms with Crippen LogP contribution in [-0.4, -0.2) is 12.5 Å². The number of carbonyl (C=O) groups is 1. The second kappa shape index (κ2) is 8.57. The number of nitrogens with one attached hydrogen (secondary N) is 1. The third-order valence-electron chi connectivity index (χ3n) is 3.25. The normalized spacial score (nSPS) is 10.4. The molecule has 0 saturated heterocycles. The molecule has 0 spiro atoms. The lowest BCUT2D eigenvalue weighted by Gasteiger charge is -2.10. The molecule has 0 saturated carbocycles. The number of halogens is 3. The van der Waals surface area contributed by atoms with E-state index in [0.29, 0.717) is 22.3 Å². The summed E-state index contributed by atoms with van der Waals surface area (Å²) < 4.78 is 6.36. The van der Waals surface area contributed by atoms with Gasteiger partial charge in [0.25, 0.3) is 5.91 Å². The van der Waals surface area contributed by atoms with Crippen LogP contribution in [-0.2, 0) is 17.8 Å². The van der Waals surface area contributed by atoms with E-state index in [1.54, 1.807) is 18.2 Å². The predicted octanol–water partition coefficient (Wildman–Crippen LogP) is 5.01. The first kappa shape index (κ1) is 18.1. The summed E-state index contributed by atoms with van der Waals surface area (Å²) in [6.07, 6.45) is 0.946. The van der Waals surface area contributed by atoms with Gasteiger partial charge in [-0.1, -0.05) is 42.3 Å². The zero-order valence-electron chi connectivity index (χ0n) is 12.5. The first-order valence-corrected chi connectivity index (χ1v) is 8.66. The van der Waals surface area contributed by atoms with Crippen LogP contribution < -0.4 is 10.1 Å². The molecular formula is C17H16BrCl2NO2. The van der Waals surface area contributed by atoms with Crippen LogP contribution in [0.1, 0.15) is 18.1 Å². The minimum Gasteiger partial charge on any atom is -0.483 e. The molecule has 0 heterocycles. The molecule has 2 aromatic rings. The van der Waals surface area contributed by atoms with Crippen LogP contribution in [0, 0.1) is 0 Å². The molecule has 0 atom stereocenters. The molecule has 122 valence electrons. The van der Waals surface area contributed by atoms with Crippen molar-refractivity contribution >= 4 is 45.0 Å². The van der Waals surface area contributed by atoms with Gasteiger partial charge in [-0.15, -0.1) is 0 Å². The van der Waals surface area contributed by atoms with Gasteiger partial charge < -0.3 is 10.1 Å². The van der Waals surface area contributed by atoms with Gasteiger partial charge in [-0.25, -0.2) is 0 Å². The van der Waals surface area contributed by atoms with Gasteiger partial charge >= 0.3 is 0 Å². The summed E-state index contributed by atoms with van der Waals surface area (Å²) in [5, 5.41) is 3.85. The quantitative estimate of drug-likeness (QED) is 0.718. The molecule has 0 aliphatic carbocycles. The van der Waals surface area contributed by atoms with Gasteiger partial charge in [0.2, 0.25) is 0 Å². The average Bonchev–Trinajstić information content (AvgIpc) is 2.52. The fourth-order valence-electron chi connectivity index (χ4n) is 1.93. The molecule has 3 nitrogen and oxygen atoms in total. The van der Waals surface area contributed by atoms with E-state index < -0.39 is 0 Å². The lowest BCUT2D eigenvalue weighted by molar-refractivity contribution is -0.123. The van der Waals surface area contributed by atoms with Crippen LogP contribution in [0.15, 0.2) is 40.9 Å². The van der Waals surface area contributed by atoms with E-state index in [1.165, 1.54) is 5.56 Å². The lowest BCUT2D eigenvalue weighted by atomic mass is 10.2. The van der Waals surface area contributed by atoms with Crippen molar-refractivity contribution in [1.29, 1.82) is 0 Å². The minimum atomic E-state index is -0.220. The third kappa shape index (κ3) is 5.41. The number of ether oxygens (including phenoxy) is 1. The van der Waals surface area contributed by atoms with E-state index in [0.717, 1.165) is 16.5 Å². The van der Waals surface area contributed by atoms with Crippen LogP contribution in [0.3, 0.4) is 0 Å². The van der Waals surface area contributed by atoms with Crippen molar-refractivity contribution in [2.24, 2.45) is 0 Å². The van der Waals surface area contributed by atoms with Gasteiger partial charge in [0.05, 0.1) is 4.47 Å². The summed E-state index contributed by atoms with van der Waals surface area (Å²) >= 11 is 15.3. The smallest absolute Gasteiger partial charge is 0.258 e. The van der Waals surface area contributed by atoms with Gasteiger partial charge in [-0.2, -0.15) is 0 Å². The van der Waals surface area contributed by atoms with E-state index in [1.807, 2.05) is 18.2 Å². The van der Waals surface area contributed by atoms with Crippen molar-refractivity contribution in [1.82, 2.24) is 5.32 Å². The van der Waals surface area contributed by atoms with Crippen LogP contribution in [0.5, 0.6) is 5.75 Å². The second-order valence-electron chi connectivity index (χ2n) is 4.92. The summed E-state index contributed by atoms with van der Waals surface area (Å²) in [4.78, 5) is 11.9. The number of rotatable bonds is 6. The summed E-state index contributed by atoms with van der Waals surface area (Å²) in [6.45, 7) is 2.35. The van der Waals surface area contributed by atoms with Gasteiger partial charge in [0, 0.05) is 16.6 Å². The maximum absolute atomic E-state index is 11.9. The van der Waals surface area contributed by atoms with Crippen molar-refractivity contribution in [3.8, 4) is 5.75 Å². The number of hydrogen-bond donors (Lipinski definition) is 1. The Labute approximate surface area is 154 Å². The van der Waals surface area contributed by atoms with E-state index in [4.69, 9.17) is 27.9 Å². The Hall–Kier alpha value is -1.23. The van der Waals surface area contributed by atoms with Crippen molar-refractivity contribution in [3.63, 3.8) is 0 Å². The van der Waals surface area contributed by atoms with E-state index in [-0.39, 0.29) is 12.5 Å². The zero-order chi connectivity index (χ0) is 16.8. The van der Waals surface area contributed by atoms with Gasteiger partial charge in [0.1, 0.15) is 5.75 Å². The highest BCUT2D eigenvalue weighted by Gasteiger charge is 2.08. The van der Waals surface area contributed by atoms with Gasteiger partial charge in [-0.3, -0.25) is 4.79 Å². The van der Waals surface area contributed by atoms with Crippen molar-refractivity contribution in [2.45, 2.75) is 19.9 Å². The molecule has 2 rings (SSSR count). The fourth-order valence-corrected chi connectivity index (χ4v) is 2.95. The van der Waals surface area contributed by atoms with Crippen molar-refractivity contribution < 1.29 is 9.53 Å². The highest BCUT2D eigenvalue weighted by molar-refractivity contribution is 9.10. The largest absolute Gasteiger partial charge is 0.483 e. The summed E-state index contributed by atoms with van der Waals surface area (Å²) in [5.74, 6) is 0.421. The SMILES string of the molecule is CCc1ccc(OCC(=O)NCc2ccc(Cl)cc2Cl)c(Br)c1. The molecule has 0 radical (unpaired) electrons. The molecule has 0 aromatic heterocycles. The van der Waals surface area contributed by atoms with Gasteiger partial charge in [0.15, 0.2) is 6.61 Å². The molecule has 23 heavy (non-hydrogen) atoms. The Balaban J connectivity index is 1.85. The first-order chi connectivity index (χ1) is 11.0. The molecule has 0 aliphatic rings. The molecule has 0 aliphatic heterocycles. The Kier molecular flexibility index (Phi) is 6.75. The van der Waals surface area contributed by atoms with E-state index in [2.05, 4.69) is 28.2 Å². The number of benzene rings is 2. The number of amides is 1. The Morgan fingerprint density at radius 3 is 2.65 bits per heavy atom. The van der Waals surface area contributed by atoms with Crippen LogP contribution >= 0.6 is 39.1 Å². The standard InChI is InChI=1S/C17H16BrCl2NO2/c1-2-11-3-6-16(14(18)7-11)23-10-17(22)21-9-12-4-5-13(19)8-15(12)20/h3-8H,2,9-10H2,1H3,(H,21,22). The molecule has 2 aromatic carbocycles.